The molecule has 2 aromatic rings. The quantitative estimate of drug-likeness (QED) is 0.846. The van der Waals surface area contributed by atoms with Crippen LogP contribution < -0.4 is 0 Å². The molecular formula is C16H20F3N5O. The largest absolute Gasteiger partial charge is 0.471 e. The van der Waals surface area contributed by atoms with Crippen LogP contribution in [-0.2, 0) is 10.3 Å². The molecule has 1 heterocycles. The normalized spacial score (nSPS) is 14.2. The number of hydrogen-bond donors (Lipinski definition) is 0. The summed E-state index contributed by atoms with van der Waals surface area (Å²) in [6.45, 7) is 6.93. The molecule has 25 heavy (non-hydrogen) atoms. The van der Waals surface area contributed by atoms with Gasteiger partial charge in [-0.2, -0.15) is 17.9 Å². The third kappa shape index (κ3) is 3.22. The van der Waals surface area contributed by atoms with Crippen LogP contribution in [0.2, 0.25) is 0 Å². The Morgan fingerprint density at radius 1 is 1.24 bits per heavy atom. The Hall–Kier alpha value is -2.45. The SMILES string of the molecule is CCC(C)(c1nnnn1-c1c(C)cccc1C)N(C)C(=O)C(F)(F)F. The number of tetrazole rings is 1. The highest BCUT2D eigenvalue weighted by atomic mass is 19.4. The maximum absolute atomic E-state index is 12.9. The molecule has 0 spiro atoms. The average molecular weight is 355 g/mol. The van der Waals surface area contributed by atoms with E-state index in [1.165, 1.54) is 11.6 Å². The smallest absolute Gasteiger partial charge is 0.325 e. The molecule has 1 atom stereocenters. The number of carbonyl (C=O) groups excluding carboxylic acids is 1. The second kappa shape index (κ2) is 6.45. The van der Waals surface area contributed by atoms with Gasteiger partial charge in [0.25, 0.3) is 0 Å². The first-order valence-corrected chi connectivity index (χ1v) is 7.74. The van der Waals surface area contributed by atoms with Crippen LogP contribution >= 0.6 is 0 Å². The number of hydrogen-bond acceptors (Lipinski definition) is 4. The van der Waals surface area contributed by atoms with Crippen LogP contribution in [0, 0.1) is 13.8 Å². The van der Waals surface area contributed by atoms with Crippen molar-refractivity contribution in [2.24, 2.45) is 0 Å². The fraction of sp³-hybridized carbons (Fsp3) is 0.500. The van der Waals surface area contributed by atoms with Crippen molar-refractivity contribution >= 4 is 5.91 Å². The molecule has 0 radical (unpaired) electrons. The van der Waals surface area contributed by atoms with Crippen LogP contribution in [0.25, 0.3) is 5.69 Å². The van der Waals surface area contributed by atoms with Crippen LogP contribution in [-0.4, -0.2) is 44.2 Å². The number of benzene rings is 1. The van der Waals surface area contributed by atoms with Crippen molar-refractivity contribution in [2.75, 3.05) is 7.05 Å². The van der Waals surface area contributed by atoms with E-state index in [-0.39, 0.29) is 12.2 Å². The molecule has 0 fully saturated rings. The topological polar surface area (TPSA) is 63.9 Å². The van der Waals surface area contributed by atoms with Gasteiger partial charge in [-0.3, -0.25) is 4.79 Å². The number of halogens is 3. The summed E-state index contributed by atoms with van der Waals surface area (Å²) in [4.78, 5) is 12.4. The number of amides is 1. The predicted molar refractivity (Wildman–Crippen MR) is 85.1 cm³/mol. The molecule has 0 aliphatic rings. The fourth-order valence-electron chi connectivity index (χ4n) is 2.77. The van der Waals surface area contributed by atoms with Crippen molar-refractivity contribution in [1.82, 2.24) is 25.1 Å². The Kier molecular flexibility index (Phi) is 4.87. The highest BCUT2D eigenvalue weighted by Gasteiger charge is 2.48. The van der Waals surface area contributed by atoms with Crippen LogP contribution in [0.3, 0.4) is 0 Å². The van der Waals surface area contributed by atoms with Crippen molar-refractivity contribution < 1.29 is 18.0 Å². The summed E-state index contributed by atoms with van der Waals surface area (Å²) >= 11 is 0. The zero-order chi connectivity index (χ0) is 19.0. The van der Waals surface area contributed by atoms with Crippen molar-refractivity contribution in [3.8, 4) is 5.69 Å². The summed E-state index contributed by atoms with van der Waals surface area (Å²) in [6.07, 6.45) is -4.77. The van der Waals surface area contributed by atoms with Crippen molar-refractivity contribution in [1.29, 1.82) is 0 Å². The highest BCUT2D eigenvalue weighted by molar-refractivity contribution is 5.82. The van der Waals surface area contributed by atoms with E-state index in [9.17, 15) is 18.0 Å². The Morgan fingerprint density at radius 2 is 1.80 bits per heavy atom. The van der Waals surface area contributed by atoms with Gasteiger partial charge in [-0.1, -0.05) is 25.1 Å². The predicted octanol–water partition coefficient (Wildman–Crippen LogP) is 2.93. The van der Waals surface area contributed by atoms with Gasteiger partial charge in [-0.15, -0.1) is 5.10 Å². The molecule has 1 aromatic heterocycles. The molecule has 6 nitrogen and oxygen atoms in total. The molecule has 0 bridgehead atoms. The molecule has 0 saturated carbocycles. The molecule has 1 amide bonds. The summed E-state index contributed by atoms with van der Waals surface area (Å²) in [6, 6.07) is 5.60. The Bertz CT molecular complexity index is 766. The van der Waals surface area contributed by atoms with Gasteiger partial charge in [0.05, 0.1) is 5.69 Å². The first kappa shape index (κ1) is 18.9. The summed E-state index contributed by atoms with van der Waals surface area (Å²) in [5, 5.41) is 11.5. The Balaban J connectivity index is 2.61. The van der Waals surface area contributed by atoms with Crippen LogP contribution in [0.5, 0.6) is 0 Å². The molecule has 0 N–H and O–H groups in total. The minimum Gasteiger partial charge on any atom is -0.325 e. The molecule has 1 unspecified atom stereocenters. The summed E-state index contributed by atoms with van der Waals surface area (Å²) in [5.74, 6) is -1.76. The number of carbonyl (C=O) groups is 1. The van der Waals surface area contributed by atoms with E-state index in [0.29, 0.717) is 10.6 Å². The van der Waals surface area contributed by atoms with Gasteiger partial charge in [-0.25, -0.2) is 0 Å². The average Bonchev–Trinajstić information content (AvgIpc) is 3.01. The lowest BCUT2D eigenvalue weighted by molar-refractivity contribution is -0.190. The molecule has 2 rings (SSSR count). The summed E-state index contributed by atoms with van der Waals surface area (Å²) < 4.78 is 40.1. The molecular weight excluding hydrogens is 335 g/mol. The maximum atomic E-state index is 12.9. The van der Waals surface area contributed by atoms with Crippen molar-refractivity contribution in [2.45, 2.75) is 45.8 Å². The van der Waals surface area contributed by atoms with Gasteiger partial charge in [-0.05, 0) is 48.7 Å². The zero-order valence-electron chi connectivity index (χ0n) is 14.7. The van der Waals surface area contributed by atoms with Gasteiger partial charge in [0.2, 0.25) is 0 Å². The molecule has 0 aliphatic heterocycles. The van der Waals surface area contributed by atoms with Gasteiger partial charge < -0.3 is 4.90 Å². The van der Waals surface area contributed by atoms with E-state index in [2.05, 4.69) is 15.5 Å². The number of rotatable bonds is 4. The van der Waals surface area contributed by atoms with Gasteiger partial charge in [0.1, 0.15) is 5.54 Å². The minimum absolute atomic E-state index is 0.174. The monoisotopic (exact) mass is 355 g/mol. The van der Waals surface area contributed by atoms with Crippen molar-refractivity contribution in [3.05, 3.63) is 35.2 Å². The van der Waals surface area contributed by atoms with Crippen LogP contribution in [0.15, 0.2) is 18.2 Å². The standard InChI is InChI=1S/C16H20F3N5O/c1-6-15(4,23(5)14(25)16(17,18)19)13-20-21-22-24(13)12-10(2)8-7-9-11(12)3/h7-9H,6H2,1-5H3. The maximum Gasteiger partial charge on any atom is 0.471 e. The Labute approximate surface area is 143 Å². The van der Waals surface area contributed by atoms with Crippen LogP contribution in [0.4, 0.5) is 13.2 Å². The lowest BCUT2D eigenvalue weighted by Crippen LogP contribution is -2.51. The first-order valence-electron chi connectivity index (χ1n) is 7.74. The van der Waals surface area contributed by atoms with E-state index >= 15 is 0 Å². The minimum atomic E-state index is -4.97. The fourth-order valence-corrected chi connectivity index (χ4v) is 2.77. The van der Waals surface area contributed by atoms with E-state index < -0.39 is 17.6 Å². The number of aromatic nitrogens is 4. The summed E-state index contributed by atoms with van der Waals surface area (Å²) in [5.41, 5.74) is 1.11. The third-order valence-corrected chi connectivity index (χ3v) is 4.58. The number of nitrogens with zero attached hydrogens (tertiary/aromatic N) is 5. The molecule has 136 valence electrons. The highest BCUT2D eigenvalue weighted by Crippen LogP contribution is 2.34. The van der Waals surface area contributed by atoms with Gasteiger partial charge in [0.15, 0.2) is 5.82 Å². The third-order valence-electron chi connectivity index (χ3n) is 4.58. The molecule has 9 heteroatoms. The van der Waals surface area contributed by atoms with Crippen molar-refractivity contribution in [3.63, 3.8) is 0 Å². The van der Waals surface area contributed by atoms with E-state index in [1.807, 2.05) is 32.0 Å². The number of aryl methyl sites for hydroxylation is 2. The first-order chi connectivity index (χ1) is 11.5. The lowest BCUT2D eigenvalue weighted by Gasteiger charge is -2.37. The lowest BCUT2D eigenvalue weighted by atomic mass is 9.95. The van der Waals surface area contributed by atoms with E-state index in [4.69, 9.17) is 0 Å². The number of alkyl halides is 3. The molecule has 1 aromatic carbocycles. The Morgan fingerprint density at radius 3 is 2.28 bits per heavy atom. The zero-order valence-corrected chi connectivity index (χ0v) is 14.7. The van der Waals surface area contributed by atoms with Gasteiger partial charge in [0, 0.05) is 7.05 Å². The van der Waals surface area contributed by atoms with Gasteiger partial charge >= 0.3 is 12.1 Å². The van der Waals surface area contributed by atoms with Crippen LogP contribution in [0.1, 0.15) is 37.2 Å². The number of para-hydroxylation sites is 1. The van der Waals surface area contributed by atoms with E-state index in [0.717, 1.165) is 18.2 Å². The molecule has 0 saturated heterocycles. The van der Waals surface area contributed by atoms with E-state index in [1.54, 1.807) is 6.92 Å². The second-order valence-corrected chi connectivity index (χ2v) is 6.14. The summed E-state index contributed by atoms with van der Waals surface area (Å²) in [7, 11) is 1.11. The second-order valence-electron chi connectivity index (χ2n) is 6.14. The molecule has 0 aliphatic carbocycles.